The van der Waals surface area contributed by atoms with Gasteiger partial charge in [0.1, 0.15) is 10.8 Å². The Labute approximate surface area is 123 Å². The molecule has 0 atom stereocenters. The van der Waals surface area contributed by atoms with Gasteiger partial charge in [-0.3, -0.25) is 4.79 Å². The minimum atomic E-state index is -0.948. The van der Waals surface area contributed by atoms with E-state index in [-0.39, 0.29) is 11.4 Å². The molecular formula is C14H19ClO5. The zero-order valence-electron chi connectivity index (χ0n) is 12.2. The summed E-state index contributed by atoms with van der Waals surface area (Å²) in [6.07, 6.45) is 0.256. The van der Waals surface area contributed by atoms with Gasteiger partial charge in [0.05, 0.1) is 26.7 Å². The van der Waals surface area contributed by atoms with Crippen LogP contribution in [0, 0.1) is 5.41 Å². The van der Waals surface area contributed by atoms with Crippen LogP contribution in [0.15, 0.2) is 6.07 Å². The summed E-state index contributed by atoms with van der Waals surface area (Å²) in [4.78, 5) is 11.3. The van der Waals surface area contributed by atoms with E-state index in [4.69, 9.17) is 25.8 Å². The number of rotatable bonds is 6. The minimum Gasteiger partial charge on any atom is -0.495 e. The van der Waals surface area contributed by atoms with E-state index in [1.54, 1.807) is 19.9 Å². The highest BCUT2D eigenvalue weighted by Gasteiger charge is 2.30. The lowest BCUT2D eigenvalue weighted by molar-refractivity contribution is -0.146. The second kappa shape index (κ2) is 6.22. The molecule has 1 aromatic carbocycles. The highest BCUT2D eigenvalue weighted by Crippen LogP contribution is 2.45. The van der Waals surface area contributed by atoms with E-state index >= 15 is 0 Å². The maximum Gasteiger partial charge on any atom is 0.309 e. The SMILES string of the molecule is COc1cc(CC(C)(C)C(=O)O)c(OC)c(Cl)c1OC. The van der Waals surface area contributed by atoms with Gasteiger partial charge >= 0.3 is 5.97 Å². The normalized spacial score (nSPS) is 11.1. The molecule has 1 aromatic rings. The lowest BCUT2D eigenvalue weighted by Gasteiger charge is -2.22. The summed E-state index contributed by atoms with van der Waals surface area (Å²) in [6, 6.07) is 1.69. The third-order valence-electron chi connectivity index (χ3n) is 3.06. The number of halogens is 1. The predicted molar refractivity (Wildman–Crippen MR) is 76.2 cm³/mol. The van der Waals surface area contributed by atoms with Crippen LogP contribution in [0.25, 0.3) is 0 Å². The fourth-order valence-electron chi connectivity index (χ4n) is 1.89. The summed E-state index contributed by atoms with van der Waals surface area (Å²) >= 11 is 6.23. The quantitative estimate of drug-likeness (QED) is 0.875. The molecule has 0 saturated heterocycles. The largest absolute Gasteiger partial charge is 0.495 e. The molecule has 0 saturated carbocycles. The Morgan fingerprint density at radius 3 is 2.15 bits per heavy atom. The average Bonchev–Trinajstić information content (AvgIpc) is 2.37. The molecule has 0 fully saturated rings. The van der Waals surface area contributed by atoms with Crippen molar-refractivity contribution in [2.45, 2.75) is 20.3 Å². The lowest BCUT2D eigenvalue weighted by atomic mass is 9.85. The van der Waals surface area contributed by atoms with Gasteiger partial charge in [-0.15, -0.1) is 0 Å². The van der Waals surface area contributed by atoms with E-state index in [2.05, 4.69) is 0 Å². The molecule has 112 valence electrons. The van der Waals surface area contributed by atoms with Crippen molar-refractivity contribution in [3.63, 3.8) is 0 Å². The van der Waals surface area contributed by atoms with Gasteiger partial charge in [-0.25, -0.2) is 0 Å². The lowest BCUT2D eigenvalue weighted by Crippen LogP contribution is -2.26. The molecule has 20 heavy (non-hydrogen) atoms. The fraction of sp³-hybridized carbons (Fsp3) is 0.500. The van der Waals surface area contributed by atoms with Crippen LogP contribution in [0.4, 0.5) is 0 Å². The van der Waals surface area contributed by atoms with Crippen LogP contribution in [-0.2, 0) is 11.2 Å². The maximum atomic E-state index is 11.3. The van der Waals surface area contributed by atoms with Gasteiger partial charge in [-0.05, 0) is 26.3 Å². The number of benzene rings is 1. The molecule has 0 bridgehead atoms. The molecule has 0 aliphatic heterocycles. The summed E-state index contributed by atoms with van der Waals surface area (Å²) < 4.78 is 15.7. The first-order valence-electron chi connectivity index (χ1n) is 5.99. The number of carboxylic acids is 1. The van der Waals surface area contributed by atoms with E-state index in [0.29, 0.717) is 22.8 Å². The van der Waals surface area contributed by atoms with Crippen LogP contribution in [0.1, 0.15) is 19.4 Å². The zero-order valence-corrected chi connectivity index (χ0v) is 13.0. The second-order valence-electron chi connectivity index (χ2n) is 4.98. The standard InChI is InChI=1S/C14H19ClO5/c1-14(2,13(16)17)7-8-6-9(18-3)12(20-5)10(15)11(8)19-4/h6H,7H2,1-5H3,(H,16,17). The van der Waals surface area contributed by atoms with Crippen molar-refractivity contribution in [3.8, 4) is 17.2 Å². The highest BCUT2D eigenvalue weighted by atomic mass is 35.5. The van der Waals surface area contributed by atoms with Crippen molar-refractivity contribution in [1.29, 1.82) is 0 Å². The first kappa shape index (κ1) is 16.4. The predicted octanol–water partition coefficient (Wildman–Crippen LogP) is 3.02. The Bertz CT molecular complexity index is 511. The monoisotopic (exact) mass is 302 g/mol. The van der Waals surface area contributed by atoms with Crippen molar-refractivity contribution in [1.82, 2.24) is 0 Å². The van der Waals surface area contributed by atoms with Crippen LogP contribution in [-0.4, -0.2) is 32.4 Å². The second-order valence-corrected chi connectivity index (χ2v) is 5.36. The van der Waals surface area contributed by atoms with Gasteiger partial charge < -0.3 is 19.3 Å². The molecule has 0 aliphatic rings. The molecule has 1 N–H and O–H groups in total. The third kappa shape index (κ3) is 3.10. The molecule has 0 heterocycles. The van der Waals surface area contributed by atoms with Gasteiger partial charge in [0.15, 0.2) is 11.5 Å². The van der Waals surface area contributed by atoms with Crippen molar-refractivity contribution in [3.05, 3.63) is 16.7 Å². The van der Waals surface area contributed by atoms with Gasteiger partial charge in [-0.1, -0.05) is 11.6 Å². The molecule has 0 aromatic heterocycles. The highest BCUT2D eigenvalue weighted by molar-refractivity contribution is 6.34. The van der Waals surface area contributed by atoms with Crippen LogP contribution >= 0.6 is 11.6 Å². The van der Waals surface area contributed by atoms with Gasteiger partial charge in [0.25, 0.3) is 0 Å². The Morgan fingerprint density at radius 2 is 1.75 bits per heavy atom. The number of hydrogen-bond donors (Lipinski definition) is 1. The molecule has 0 spiro atoms. The maximum absolute atomic E-state index is 11.3. The summed E-state index contributed by atoms with van der Waals surface area (Å²) in [6.45, 7) is 3.28. The van der Waals surface area contributed by atoms with Crippen LogP contribution < -0.4 is 14.2 Å². The van der Waals surface area contributed by atoms with Crippen molar-refractivity contribution in [2.75, 3.05) is 21.3 Å². The Morgan fingerprint density at radius 1 is 1.20 bits per heavy atom. The van der Waals surface area contributed by atoms with E-state index < -0.39 is 11.4 Å². The molecule has 0 radical (unpaired) electrons. The molecule has 5 nitrogen and oxygen atoms in total. The number of carbonyl (C=O) groups is 1. The fourth-order valence-corrected chi connectivity index (χ4v) is 2.26. The van der Waals surface area contributed by atoms with Gasteiger partial charge in [0, 0.05) is 5.56 Å². The van der Waals surface area contributed by atoms with Crippen molar-refractivity contribution in [2.24, 2.45) is 5.41 Å². The number of methoxy groups -OCH3 is 3. The average molecular weight is 303 g/mol. The van der Waals surface area contributed by atoms with E-state index in [1.807, 2.05) is 0 Å². The zero-order chi connectivity index (χ0) is 15.5. The topological polar surface area (TPSA) is 65.0 Å². The van der Waals surface area contributed by atoms with E-state index in [1.165, 1.54) is 21.3 Å². The first-order chi connectivity index (χ1) is 9.28. The van der Waals surface area contributed by atoms with E-state index in [0.717, 1.165) is 0 Å². The number of ether oxygens (including phenoxy) is 3. The van der Waals surface area contributed by atoms with Crippen LogP contribution in [0.2, 0.25) is 5.02 Å². The molecule has 0 aliphatic carbocycles. The summed E-state index contributed by atoms with van der Waals surface area (Å²) in [5.41, 5.74) is -0.293. The molecule has 0 amide bonds. The van der Waals surface area contributed by atoms with Crippen molar-refractivity contribution >= 4 is 17.6 Å². The first-order valence-corrected chi connectivity index (χ1v) is 6.37. The Kier molecular flexibility index (Phi) is 5.11. The number of carboxylic acid groups (broad SMARTS) is 1. The van der Waals surface area contributed by atoms with Crippen LogP contribution in [0.5, 0.6) is 17.2 Å². The summed E-state index contributed by atoms with van der Waals surface area (Å²) in [5.74, 6) is 0.307. The Balaban J connectivity index is 3.39. The van der Waals surface area contributed by atoms with Crippen molar-refractivity contribution < 1.29 is 24.1 Å². The third-order valence-corrected chi connectivity index (χ3v) is 3.40. The molecular weight excluding hydrogens is 284 g/mol. The molecule has 6 heteroatoms. The minimum absolute atomic E-state index is 0.256. The Hall–Kier alpha value is -1.62. The van der Waals surface area contributed by atoms with Gasteiger partial charge in [0.2, 0.25) is 0 Å². The molecule has 1 rings (SSSR count). The summed E-state index contributed by atoms with van der Waals surface area (Å²) in [7, 11) is 4.45. The number of aliphatic carboxylic acids is 1. The van der Waals surface area contributed by atoms with Crippen LogP contribution in [0.3, 0.4) is 0 Å². The summed E-state index contributed by atoms with van der Waals surface area (Å²) in [5, 5.41) is 9.50. The van der Waals surface area contributed by atoms with E-state index in [9.17, 15) is 9.90 Å². The van der Waals surface area contributed by atoms with Gasteiger partial charge in [-0.2, -0.15) is 0 Å². The smallest absolute Gasteiger partial charge is 0.309 e. The number of hydrogen-bond acceptors (Lipinski definition) is 4. The molecule has 0 unspecified atom stereocenters.